The number of aromatic nitrogens is 2. The second-order valence-corrected chi connectivity index (χ2v) is 11.0. The van der Waals surface area contributed by atoms with Crippen LogP contribution in [-0.2, 0) is 4.79 Å². The number of carboxylic acid groups (broad SMARTS) is 1. The Kier molecular flexibility index (Phi) is 5.80. The van der Waals surface area contributed by atoms with Gasteiger partial charge in [-0.05, 0) is 66.8 Å². The molecule has 0 aliphatic heterocycles. The number of fused-ring (bicyclic) bond motifs is 1. The highest BCUT2D eigenvalue weighted by atomic mass is 35.5. The second-order valence-electron chi connectivity index (χ2n) is 10.6. The third-order valence-electron chi connectivity index (χ3n) is 8.22. The summed E-state index contributed by atoms with van der Waals surface area (Å²) in [6.45, 7) is 2.07. The number of aliphatic carboxylic acids is 1. The van der Waals surface area contributed by atoms with Gasteiger partial charge in [-0.25, -0.2) is 0 Å². The average molecular weight is 514 g/mol. The van der Waals surface area contributed by atoms with Crippen molar-refractivity contribution in [1.29, 1.82) is 0 Å². The Morgan fingerprint density at radius 3 is 2.35 bits per heavy atom. The van der Waals surface area contributed by atoms with Crippen molar-refractivity contribution in [2.75, 3.05) is 0 Å². The lowest BCUT2D eigenvalue weighted by Crippen LogP contribution is -2.57. The van der Waals surface area contributed by atoms with E-state index in [1.165, 1.54) is 0 Å². The number of rotatable bonds is 6. The first-order valence-corrected chi connectivity index (χ1v) is 13.1. The number of nitrogens with zero attached hydrogens (tertiary/aromatic N) is 2. The van der Waals surface area contributed by atoms with Crippen LogP contribution in [0.2, 0.25) is 5.02 Å². The molecule has 1 amide bonds. The highest BCUT2D eigenvalue weighted by Crippen LogP contribution is 2.58. The van der Waals surface area contributed by atoms with E-state index in [4.69, 9.17) is 11.6 Å². The topological polar surface area (TPSA) is 84.2 Å². The lowest BCUT2D eigenvalue weighted by molar-refractivity contribution is -0.155. The summed E-state index contributed by atoms with van der Waals surface area (Å²) in [6.07, 6.45) is 4.83. The molecule has 188 valence electrons. The predicted octanol–water partition coefficient (Wildman–Crippen LogP) is 6.34. The molecule has 2 aliphatic carbocycles. The zero-order chi connectivity index (χ0) is 25.7. The molecule has 1 spiro atoms. The van der Waals surface area contributed by atoms with Crippen molar-refractivity contribution in [1.82, 2.24) is 15.1 Å². The molecule has 4 aromatic rings. The number of carbonyl (C=O) groups excluding carboxylic acids is 1. The maximum Gasteiger partial charge on any atom is 0.306 e. The molecule has 1 aromatic heterocycles. The highest BCUT2D eigenvalue weighted by Gasteiger charge is 2.55. The van der Waals surface area contributed by atoms with E-state index in [-0.39, 0.29) is 29.3 Å². The van der Waals surface area contributed by atoms with Gasteiger partial charge in [-0.3, -0.25) is 14.3 Å². The number of hydrogen-bond acceptors (Lipinski definition) is 3. The van der Waals surface area contributed by atoms with Crippen molar-refractivity contribution in [3.05, 3.63) is 89.1 Å². The maximum atomic E-state index is 13.4. The van der Waals surface area contributed by atoms with Gasteiger partial charge < -0.3 is 10.4 Å². The van der Waals surface area contributed by atoms with E-state index in [9.17, 15) is 14.7 Å². The van der Waals surface area contributed by atoms with E-state index in [0.29, 0.717) is 28.9 Å². The molecule has 0 radical (unpaired) electrons. The largest absolute Gasteiger partial charge is 0.481 e. The Morgan fingerprint density at radius 2 is 1.68 bits per heavy atom. The Balaban J connectivity index is 1.23. The Morgan fingerprint density at radius 1 is 1.00 bits per heavy atom. The quantitative estimate of drug-likeness (QED) is 0.315. The fourth-order valence-corrected chi connectivity index (χ4v) is 6.38. The van der Waals surface area contributed by atoms with Gasteiger partial charge in [0.15, 0.2) is 0 Å². The van der Waals surface area contributed by atoms with Gasteiger partial charge in [0, 0.05) is 11.4 Å². The van der Waals surface area contributed by atoms with Crippen molar-refractivity contribution >= 4 is 34.4 Å². The molecule has 1 heterocycles. The molecule has 37 heavy (non-hydrogen) atoms. The molecule has 6 rings (SSSR count). The zero-order valence-electron chi connectivity index (χ0n) is 20.5. The molecule has 2 aliphatic rings. The molecular weight excluding hydrogens is 486 g/mol. The van der Waals surface area contributed by atoms with Crippen LogP contribution in [0.15, 0.2) is 72.9 Å². The molecule has 2 fully saturated rings. The first-order chi connectivity index (χ1) is 17.8. The molecule has 6 nitrogen and oxygen atoms in total. The summed E-state index contributed by atoms with van der Waals surface area (Å²) in [5.41, 5.74) is 4.74. The van der Waals surface area contributed by atoms with Crippen LogP contribution in [0.4, 0.5) is 0 Å². The summed E-state index contributed by atoms with van der Waals surface area (Å²) < 4.78 is 1.87. The number of carbonyl (C=O) groups is 2. The van der Waals surface area contributed by atoms with Crippen LogP contribution in [0.5, 0.6) is 0 Å². The highest BCUT2D eigenvalue weighted by molar-refractivity contribution is 6.36. The molecule has 1 atom stereocenters. The monoisotopic (exact) mass is 513 g/mol. The van der Waals surface area contributed by atoms with Crippen LogP contribution >= 0.6 is 11.6 Å². The average Bonchev–Trinajstić information content (AvgIpc) is 3.31. The van der Waals surface area contributed by atoms with Gasteiger partial charge in [-0.1, -0.05) is 66.2 Å². The second kappa shape index (κ2) is 9.03. The minimum atomic E-state index is -0.709. The minimum absolute atomic E-state index is 0.0623. The van der Waals surface area contributed by atoms with Gasteiger partial charge >= 0.3 is 5.97 Å². The Hall–Kier alpha value is -3.64. The molecule has 2 N–H and O–H groups in total. The number of hydrogen-bond donors (Lipinski definition) is 2. The van der Waals surface area contributed by atoms with Gasteiger partial charge in [0.2, 0.25) is 0 Å². The molecule has 0 bridgehead atoms. The summed E-state index contributed by atoms with van der Waals surface area (Å²) in [7, 11) is 0. The molecule has 2 saturated carbocycles. The Labute approximate surface area is 220 Å². The van der Waals surface area contributed by atoms with Crippen molar-refractivity contribution < 1.29 is 14.7 Å². The third-order valence-corrected chi connectivity index (χ3v) is 8.55. The van der Waals surface area contributed by atoms with Gasteiger partial charge in [-0.15, -0.1) is 0 Å². The molecule has 3 aromatic carbocycles. The summed E-state index contributed by atoms with van der Waals surface area (Å²) in [4.78, 5) is 24.5. The van der Waals surface area contributed by atoms with Crippen LogP contribution in [0.1, 0.15) is 54.6 Å². The van der Waals surface area contributed by atoms with E-state index in [1.54, 1.807) is 18.3 Å². The summed E-state index contributed by atoms with van der Waals surface area (Å²) in [5.74, 6) is -1.09. The standard InChI is InChI=1S/C30H28ClN3O3/c1-18(19-7-9-21(10-8-19)20-5-3-2-4-6-20)34-27-24(11-12-26(31)25(27)17-32-34)28(35)33-23-15-30(16-23)13-22(14-30)29(36)37/h2-12,17-18,22-23H,13-16H2,1H3,(H,33,35)(H,36,37)/t18-,22?,23?,30?/m1/s1. The number of nitrogens with one attached hydrogen (secondary N) is 1. The van der Waals surface area contributed by atoms with Crippen molar-refractivity contribution in [3.8, 4) is 11.1 Å². The third kappa shape index (κ3) is 4.19. The summed E-state index contributed by atoms with van der Waals surface area (Å²) in [5, 5.41) is 18.3. The number of benzene rings is 3. The van der Waals surface area contributed by atoms with Crippen LogP contribution < -0.4 is 5.32 Å². The summed E-state index contributed by atoms with van der Waals surface area (Å²) in [6, 6.07) is 22.1. The molecule has 0 unspecified atom stereocenters. The summed E-state index contributed by atoms with van der Waals surface area (Å²) >= 11 is 6.50. The van der Waals surface area contributed by atoms with E-state index in [2.05, 4.69) is 53.7 Å². The van der Waals surface area contributed by atoms with Gasteiger partial charge in [-0.2, -0.15) is 5.10 Å². The van der Waals surface area contributed by atoms with E-state index < -0.39 is 5.97 Å². The number of halogens is 1. The van der Waals surface area contributed by atoms with Crippen LogP contribution in [0.3, 0.4) is 0 Å². The fourth-order valence-electron chi connectivity index (χ4n) is 6.18. The van der Waals surface area contributed by atoms with E-state index >= 15 is 0 Å². The zero-order valence-corrected chi connectivity index (χ0v) is 21.3. The van der Waals surface area contributed by atoms with Crippen molar-refractivity contribution in [2.45, 2.75) is 44.7 Å². The van der Waals surface area contributed by atoms with Crippen molar-refractivity contribution in [3.63, 3.8) is 0 Å². The van der Waals surface area contributed by atoms with Gasteiger partial charge in [0.05, 0.1) is 34.3 Å². The first kappa shape index (κ1) is 23.7. The fraction of sp³-hybridized carbons (Fsp3) is 0.300. The molecule has 0 saturated heterocycles. The van der Waals surface area contributed by atoms with Gasteiger partial charge in [0.25, 0.3) is 5.91 Å². The SMILES string of the molecule is C[C@H](c1ccc(-c2ccccc2)cc1)n1ncc2c(Cl)ccc(C(=O)NC3CC4(C3)CC(C(=O)O)C4)c21. The predicted molar refractivity (Wildman–Crippen MR) is 144 cm³/mol. The lowest BCUT2D eigenvalue weighted by Gasteiger charge is -2.56. The lowest BCUT2D eigenvalue weighted by atomic mass is 9.50. The van der Waals surface area contributed by atoms with Crippen molar-refractivity contribution in [2.24, 2.45) is 11.3 Å². The van der Waals surface area contributed by atoms with Crippen LogP contribution in [0.25, 0.3) is 22.0 Å². The first-order valence-electron chi connectivity index (χ1n) is 12.7. The van der Waals surface area contributed by atoms with Crippen LogP contribution in [0, 0.1) is 11.3 Å². The number of carboxylic acids is 1. The molecular formula is C30H28ClN3O3. The van der Waals surface area contributed by atoms with E-state index in [1.807, 2.05) is 22.9 Å². The van der Waals surface area contributed by atoms with Gasteiger partial charge in [0.1, 0.15) is 0 Å². The van der Waals surface area contributed by atoms with E-state index in [0.717, 1.165) is 34.9 Å². The normalized spacial score (nSPS) is 23.3. The maximum absolute atomic E-state index is 13.4. The Bertz CT molecular complexity index is 1480. The van der Waals surface area contributed by atoms with Crippen LogP contribution in [-0.4, -0.2) is 32.8 Å². The number of amides is 1. The minimum Gasteiger partial charge on any atom is -0.481 e. The smallest absolute Gasteiger partial charge is 0.306 e. The molecule has 7 heteroatoms.